The van der Waals surface area contributed by atoms with Crippen LogP contribution in [0.15, 0.2) is 72.8 Å². The lowest BCUT2D eigenvalue weighted by molar-refractivity contribution is -0.382. The summed E-state index contributed by atoms with van der Waals surface area (Å²) in [5, 5.41) is 12.7. The van der Waals surface area contributed by atoms with Gasteiger partial charge in [-0.25, -0.2) is 0 Å². The first-order valence-electron chi connectivity index (χ1n) is 8.68. The van der Waals surface area contributed by atoms with E-state index in [-0.39, 0.29) is 10.6 Å². The van der Waals surface area contributed by atoms with Crippen LogP contribution in [0.5, 0.6) is 0 Å². The van der Waals surface area contributed by atoms with Crippen LogP contribution in [-0.2, 0) is 13.0 Å². The second-order valence-electron chi connectivity index (χ2n) is 6.61. The monoisotopic (exact) mass is 340 g/mol. The molecule has 3 aromatic carbocycles. The van der Waals surface area contributed by atoms with E-state index in [0.29, 0.717) is 5.39 Å². The van der Waals surface area contributed by atoms with Gasteiger partial charge < -0.3 is 4.57 Å². The van der Waals surface area contributed by atoms with Crippen molar-refractivity contribution >= 4 is 16.6 Å². The van der Waals surface area contributed by atoms with Gasteiger partial charge in [0.25, 0.3) is 0 Å². The van der Waals surface area contributed by atoms with Crippen LogP contribution in [0, 0.1) is 10.1 Å². The van der Waals surface area contributed by atoms with Crippen molar-refractivity contribution in [2.45, 2.75) is 13.0 Å². The summed E-state index contributed by atoms with van der Waals surface area (Å²) in [6.07, 6.45) is 0.893. The highest BCUT2D eigenvalue weighted by atomic mass is 16.6. The third-order valence-electron chi connectivity index (χ3n) is 5.20. The Morgan fingerprint density at radius 3 is 2.46 bits per heavy atom. The molecule has 26 heavy (non-hydrogen) atoms. The summed E-state index contributed by atoms with van der Waals surface area (Å²) in [5.74, 6) is 0. The quantitative estimate of drug-likeness (QED) is 0.360. The van der Waals surface area contributed by atoms with Gasteiger partial charge in [-0.05, 0) is 35.2 Å². The van der Waals surface area contributed by atoms with E-state index >= 15 is 0 Å². The highest BCUT2D eigenvalue weighted by Gasteiger charge is 2.30. The first kappa shape index (κ1) is 14.9. The normalized spacial score (nSPS) is 12.6. The Bertz CT molecular complexity index is 1160. The summed E-state index contributed by atoms with van der Waals surface area (Å²) in [5.41, 5.74) is 6.09. The van der Waals surface area contributed by atoms with Crippen molar-refractivity contribution in [1.29, 1.82) is 0 Å². The first-order chi connectivity index (χ1) is 12.7. The predicted octanol–water partition coefficient (Wildman–Crippen LogP) is 5.44. The van der Waals surface area contributed by atoms with Crippen LogP contribution in [0.1, 0.15) is 5.56 Å². The van der Waals surface area contributed by atoms with Crippen molar-refractivity contribution in [3.8, 4) is 22.4 Å². The lowest BCUT2D eigenvalue weighted by Crippen LogP contribution is -2.10. The largest absolute Gasteiger partial charge is 0.334 e. The minimum atomic E-state index is -0.231. The number of rotatable bonds is 2. The van der Waals surface area contributed by atoms with Crippen molar-refractivity contribution < 1.29 is 4.92 Å². The Kier molecular flexibility index (Phi) is 3.19. The molecule has 0 atom stereocenters. The Balaban J connectivity index is 1.84. The van der Waals surface area contributed by atoms with E-state index in [0.717, 1.165) is 40.9 Å². The molecule has 0 fully saturated rings. The molecule has 0 spiro atoms. The highest BCUT2D eigenvalue weighted by Crippen LogP contribution is 2.44. The molecule has 0 unspecified atom stereocenters. The van der Waals surface area contributed by atoms with Crippen LogP contribution in [-0.4, -0.2) is 9.49 Å². The lowest BCUT2D eigenvalue weighted by Gasteiger charge is -2.19. The van der Waals surface area contributed by atoms with E-state index < -0.39 is 0 Å². The molecule has 4 aromatic rings. The van der Waals surface area contributed by atoms with E-state index in [1.807, 2.05) is 60.7 Å². The van der Waals surface area contributed by atoms with E-state index in [1.54, 1.807) is 0 Å². The van der Waals surface area contributed by atoms with Crippen molar-refractivity contribution in [3.05, 3.63) is 88.5 Å². The number of nitro groups is 1. The molecule has 4 heteroatoms. The first-order valence-corrected chi connectivity index (χ1v) is 8.68. The Labute approximate surface area is 150 Å². The molecule has 0 aliphatic carbocycles. The average Bonchev–Trinajstić information content (AvgIpc) is 3.03. The number of aromatic nitrogens is 1. The molecule has 4 nitrogen and oxygen atoms in total. The zero-order valence-corrected chi connectivity index (χ0v) is 14.1. The highest BCUT2D eigenvalue weighted by molar-refractivity contribution is 6.01. The fourth-order valence-electron chi connectivity index (χ4n) is 4.04. The second-order valence-corrected chi connectivity index (χ2v) is 6.61. The lowest BCUT2D eigenvalue weighted by atomic mass is 9.98. The number of aryl methyl sites for hydroxylation is 2. The van der Waals surface area contributed by atoms with Crippen molar-refractivity contribution in [3.63, 3.8) is 0 Å². The fourth-order valence-corrected chi connectivity index (χ4v) is 4.04. The molecule has 0 radical (unpaired) electrons. The maximum absolute atomic E-state index is 12.0. The molecule has 5 rings (SSSR count). The third kappa shape index (κ3) is 2.09. The molecule has 1 aliphatic heterocycles. The molecule has 0 N–H and O–H groups in total. The number of benzene rings is 3. The summed E-state index contributed by atoms with van der Waals surface area (Å²) in [4.78, 5) is 11.8. The van der Waals surface area contributed by atoms with Crippen molar-refractivity contribution in [1.82, 2.24) is 4.57 Å². The molecule has 0 amide bonds. The minimum absolute atomic E-state index is 0.213. The summed E-state index contributed by atoms with van der Waals surface area (Å²) in [6, 6.07) is 24.0. The van der Waals surface area contributed by atoms with Crippen LogP contribution in [0.25, 0.3) is 33.3 Å². The summed E-state index contributed by atoms with van der Waals surface area (Å²) in [6.45, 7) is 0.765. The van der Waals surface area contributed by atoms with Gasteiger partial charge in [0.15, 0.2) is 0 Å². The zero-order valence-electron chi connectivity index (χ0n) is 14.1. The Hall–Kier alpha value is -3.40. The van der Waals surface area contributed by atoms with Crippen LogP contribution in [0.2, 0.25) is 0 Å². The van der Waals surface area contributed by atoms with E-state index in [9.17, 15) is 10.1 Å². The SMILES string of the molecule is O=[N+]([O-])c1c2n(c3ccc(-c4ccccc4)cc13)CCc1ccccc1-2. The van der Waals surface area contributed by atoms with Gasteiger partial charge in [-0.1, -0.05) is 60.7 Å². The number of hydrogen-bond acceptors (Lipinski definition) is 2. The Morgan fingerprint density at radius 1 is 0.885 bits per heavy atom. The molecule has 126 valence electrons. The summed E-state index contributed by atoms with van der Waals surface area (Å²) in [7, 11) is 0. The molecule has 2 heterocycles. The van der Waals surface area contributed by atoms with Gasteiger partial charge in [-0.2, -0.15) is 0 Å². The van der Waals surface area contributed by atoms with Gasteiger partial charge in [0, 0.05) is 12.1 Å². The molecule has 0 saturated carbocycles. The average molecular weight is 340 g/mol. The van der Waals surface area contributed by atoms with Gasteiger partial charge in [-0.15, -0.1) is 0 Å². The number of fused-ring (bicyclic) bond motifs is 5. The van der Waals surface area contributed by atoms with E-state index in [1.165, 1.54) is 5.56 Å². The molecular weight excluding hydrogens is 324 g/mol. The maximum atomic E-state index is 12.0. The van der Waals surface area contributed by atoms with Gasteiger partial charge in [0.1, 0.15) is 5.69 Å². The fraction of sp³-hybridized carbons (Fsp3) is 0.0909. The summed E-state index contributed by atoms with van der Waals surface area (Å²) < 4.78 is 2.10. The van der Waals surface area contributed by atoms with Crippen LogP contribution < -0.4 is 0 Å². The Morgan fingerprint density at radius 2 is 1.65 bits per heavy atom. The number of nitrogens with zero attached hydrogens (tertiary/aromatic N) is 2. The standard InChI is InChI=1S/C22H16N2O2/c25-24(26)22-19-14-17(15-6-2-1-3-7-15)10-11-20(19)23-13-12-16-8-4-5-9-18(16)21(22)23/h1-11,14H,12-13H2. The maximum Gasteiger partial charge on any atom is 0.302 e. The van der Waals surface area contributed by atoms with Gasteiger partial charge >= 0.3 is 5.69 Å². The molecule has 0 bridgehead atoms. The second kappa shape index (κ2) is 5.56. The van der Waals surface area contributed by atoms with Gasteiger partial charge in [-0.3, -0.25) is 10.1 Å². The molecule has 1 aliphatic rings. The smallest absolute Gasteiger partial charge is 0.302 e. The van der Waals surface area contributed by atoms with Crippen LogP contribution >= 0.6 is 0 Å². The number of hydrogen-bond donors (Lipinski definition) is 0. The topological polar surface area (TPSA) is 48.1 Å². The van der Waals surface area contributed by atoms with Crippen LogP contribution in [0.3, 0.4) is 0 Å². The van der Waals surface area contributed by atoms with Gasteiger partial charge in [0.2, 0.25) is 0 Å². The zero-order chi connectivity index (χ0) is 17.7. The van der Waals surface area contributed by atoms with Crippen molar-refractivity contribution in [2.75, 3.05) is 0 Å². The molecular formula is C22H16N2O2. The summed E-state index contributed by atoms with van der Waals surface area (Å²) >= 11 is 0. The third-order valence-corrected chi connectivity index (χ3v) is 5.20. The molecule has 0 saturated heterocycles. The predicted molar refractivity (Wildman–Crippen MR) is 103 cm³/mol. The molecule has 1 aromatic heterocycles. The minimum Gasteiger partial charge on any atom is -0.334 e. The van der Waals surface area contributed by atoms with E-state index in [4.69, 9.17) is 0 Å². The van der Waals surface area contributed by atoms with E-state index in [2.05, 4.69) is 16.7 Å². The van der Waals surface area contributed by atoms with Crippen LogP contribution in [0.4, 0.5) is 5.69 Å². The van der Waals surface area contributed by atoms with Gasteiger partial charge in [0.05, 0.1) is 15.8 Å². The van der Waals surface area contributed by atoms with Crippen molar-refractivity contribution in [2.24, 2.45) is 0 Å².